The molecule has 1 N–H and O–H groups in total. The van der Waals surface area contributed by atoms with Crippen molar-refractivity contribution in [2.75, 3.05) is 47.5 Å². The Morgan fingerprint density at radius 1 is 0.310 bits per heavy atom. The number of esters is 2. The molecule has 0 aliphatic heterocycles. The van der Waals surface area contributed by atoms with Crippen molar-refractivity contribution in [1.82, 2.24) is 0 Å². The third-order valence-corrected chi connectivity index (χ3v) is 16.7. The summed E-state index contributed by atoms with van der Waals surface area (Å²) in [5, 5.41) is 0. The maximum Gasteiger partial charge on any atom is 0.472 e. The fourth-order valence-electron chi connectivity index (χ4n) is 9.80. The number of unbranched alkanes of at least 4 members (excludes halogenated alkanes) is 17. The summed E-state index contributed by atoms with van der Waals surface area (Å²) in [6.07, 6.45) is 124. The number of hydrogen-bond donors (Lipinski definition) is 1. The van der Waals surface area contributed by atoms with Gasteiger partial charge in [0.05, 0.1) is 27.7 Å². The van der Waals surface area contributed by atoms with E-state index >= 15 is 0 Å². The van der Waals surface area contributed by atoms with Crippen LogP contribution in [0.1, 0.15) is 271 Å². The minimum absolute atomic E-state index is 0.0154. The van der Waals surface area contributed by atoms with E-state index in [0.29, 0.717) is 17.4 Å². The first-order valence-corrected chi connectivity index (χ1v) is 40.6. The van der Waals surface area contributed by atoms with Crippen LogP contribution in [0.15, 0.2) is 231 Å². The molecule has 0 amide bonds. The van der Waals surface area contributed by atoms with Gasteiger partial charge in [0.1, 0.15) is 19.8 Å². The third-order valence-electron chi connectivity index (χ3n) is 15.7. The fourth-order valence-corrected chi connectivity index (χ4v) is 10.5. The van der Waals surface area contributed by atoms with Crippen molar-refractivity contribution in [2.24, 2.45) is 0 Å². The molecule has 2 atom stereocenters. The molecule has 100 heavy (non-hydrogen) atoms. The molecule has 0 spiro atoms. The second kappa shape index (κ2) is 77.2. The number of carbonyl (C=O) groups is 2. The second-order valence-electron chi connectivity index (χ2n) is 26.3. The molecule has 0 rings (SSSR count). The Labute approximate surface area is 613 Å². The Kier molecular flexibility index (Phi) is 72.7. The van der Waals surface area contributed by atoms with Gasteiger partial charge in [0.25, 0.3) is 0 Å². The molecule has 560 valence electrons. The van der Waals surface area contributed by atoms with Crippen LogP contribution in [0, 0.1) is 0 Å². The van der Waals surface area contributed by atoms with Gasteiger partial charge in [0, 0.05) is 12.8 Å². The number of phosphoric ester groups is 1. The van der Waals surface area contributed by atoms with Crippen molar-refractivity contribution < 1.29 is 42.1 Å². The molecule has 0 aromatic heterocycles. The molecule has 0 saturated carbocycles. The number of rotatable bonds is 69. The highest BCUT2D eigenvalue weighted by Crippen LogP contribution is 2.43. The van der Waals surface area contributed by atoms with E-state index in [-0.39, 0.29) is 32.0 Å². The number of nitrogens with zero attached hydrogens (tertiary/aromatic N) is 1. The van der Waals surface area contributed by atoms with Crippen molar-refractivity contribution in [3.8, 4) is 0 Å². The molecule has 0 saturated heterocycles. The van der Waals surface area contributed by atoms with E-state index in [4.69, 9.17) is 18.5 Å². The molecule has 0 aliphatic carbocycles. The summed E-state index contributed by atoms with van der Waals surface area (Å²) in [6.45, 7) is 4.16. The van der Waals surface area contributed by atoms with Crippen LogP contribution < -0.4 is 0 Å². The monoisotopic (exact) mass is 1400 g/mol. The van der Waals surface area contributed by atoms with Crippen molar-refractivity contribution in [3.63, 3.8) is 0 Å². The van der Waals surface area contributed by atoms with Crippen LogP contribution in [0.25, 0.3) is 0 Å². The van der Waals surface area contributed by atoms with Gasteiger partial charge < -0.3 is 18.9 Å². The highest BCUT2D eigenvalue weighted by Gasteiger charge is 2.27. The van der Waals surface area contributed by atoms with Gasteiger partial charge in [-0.2, -0.15) is 0 Å². The zero-order valence-electron chi connectivity index (χ0n) is 63.8. The van der Waals surface area contributed by atoms with Gasteiger partial charge in [-0.05, 0) is 161 Å². The zero-order valence-corrected chi connectivity index (χ0v) is 64.7. The van der Waals surface area contributed by atoms with E-state index in [0.717, 1.165) is 180 Å². The molecule has 10 heteroatoms. The number of carbonyl (C=O) groups excluding carboxylic acids is 2. The smallest absolute Gasteiger partial charge is 0.462 e. The molecular weight excluding hydrogens is 1250 g/mol. The Morgan fingerprint density at radius 2 is 0.540 bits per heavy atom. The molecule has 0 radical (unpaired) electrons. The predicted octanol–water partition coefficient (Wildman–Crippen LogP) is 26.5. The van der Waals surface area contributed by atoms with E-state index in [1.165, 1.54) is 57.8 Å². The Hall–Kier alpha value is -5.93. The number of hydrogen-bond acceptors (Lipinski definition) is 7. The van der Waals surface area contributed by atoms with Gasteiger partial charge in [-0.1, -0.05) is 328 Å². The van der Waals surface area contributed by atoms with Crippen LogP contribution >= 0.6 is 7.82 Å². The summed E-state index contributed by atoms with van der Waals surface area (Å²) in [6, 6.07) is 0. The lowest BCUT2D eigenvalue weighted by Crippen LogP contribution is -2.37. The number of phosphoric acid groups is 1. The van der Waals surface area contributed by atoms with Crippen molar-refractivity contribution >= 4 is 19.8 Å². The van der Waals surface area contributed by atoms with E-state index < -0.39 is 26.5 Å². The van der Waals surface area contributed by atoms with E-state index in [1.54, 1.807) is 0 Å². The third kappa shape index (κ3) is 81.0. The molecule has 0 bridgehead atoms. The molecule has 0 fully saturated rings. The summed E-state index contributed by atoms with van der Waals surface area (Å²) >= 11 is 0. The van der Waals surface area contributed by atoms with Crippen LogP contribution in [0.3, 0.4) is 0 Å². The van der Waals surface area contributed by atoms with Gasteiger partial charge in [-0.3, -0.25) is 18.6 Å². The maximum atomic E-state index is 12.9. The number of likely N-dealkylation sites (N-methyl/N-ethyl adjacent to an activating group) is 1. The first-order chi connectivity index (χ1) is 49.0. The van der Waals surface area contributed by atoms with Crippen molar-refractivity contribution in [1.29, 1.82) is 0 Å². The fraction of sp³-hybridized carbons (Fsp3) is 0.556. The quantitative estimate of drug-likeness (QED) is 0.0211. The normalized spacial score (nSPS) is 14.3. The Balaban J connectivity index is 4.15. The average Bonchev–Trinajstić information content (AvgIpc) is 1.07. The topological polar surface area (TPSA) is 108 Å². The SMILES string of the molecule is CC/C=C\C/C=C\C/C=C\C/C=C\C/C=C\C/C=C\C/C=C\C/C=C\C/C=C\C/C=C\C/C=C\CCCCCCCC(=O)OC(COC(=O)CCCCCCCCCCCCCC/C=C\C/C=C\C/C=C\C/C=C\C/C=C\C/C=C\C/C=C\C/C=C\CC)COP(=O)(O)OCC[N+](C)(C)C. The number of ether oxygens (including phenoxy) is 2. The van der Waals surface area contributed by atoms with Crippen LogP contribution in [0.4, 0.5) is 0 Å². The minimum Gasteiger partial charge on any atom is -0.462 e. The Morgan fingerprint density at radius 3 is 0.800 bits per heavy atom. The molecule has 0 heterocycles. The summed E-state index contributed by atoms with van der Waals surface area (Å²) in [7, 11) is 1.43. The standard InChI is InChI=1S/C90H142NO8P/c1-6-8-10-12-14-16-18-20-22-24-26-28-30-32-34-36-38-40-42-44-45-47-49-51-53-55-57-59-61-63-65-67-69-71-73-75-77-79-81-83-90(93)99-88(87-98-100(94,95)97-85-84-91(3,4)5)86-96-89(92)82-80-78-76-74-72-70-68-66-64-62-60-58-56-54-52-50-48-46-43-41-39-37-35-33-31-29-27-25-23-21-19-17-15-13-11-9-7-2/h8-11,14-17,20-23,26-29,32-35,38-41,44-46,48-49,51-52,54-55,57,61,63,67,69,88H,6-7,12-13,18-19,24-25,30-31,36-37,42-43,47,50,53,56,58-60,62,64-66,68,70-87H2,1-5H3/p+1/b10-8-,11-9-,16-14-,17-15-,22-20-,23-21-,28-26-,29-27-,34-32-,35-33-,40-38-,41-39-,45-44-,48-46-,51-49-,54-52-,57-55-,63-61-,69-67-. The molecule has 0 aromatic carbocycles. The van der Waals surface area contributed by atoms with Crippen molar-refractivity contribution in [2.45, 2.75) is 277 Å². The highest BCUT2D eigenvalue weighted by atomic mass is 31.2. The zero-order chi connectivity index (χ0) is 72.5. The lowest BCUT2D eigenvalue weighted by molar-refractivity contribution is -0.870. The van der Waals surface area contributed by atoms with Gasteiger partial charge in [-0.25, -0.2) is 4.57 Å². The summed E-state index contributed by atoms with van der Waals surface area (Å²) in [5.41, 5.74) is 0. The van der Waals surface area contributed by atoms with Gasteiger partial charge >= 0.3 is 19.8 Å². The molecule has 9 nitrogen and oxygen atoms in total. The number of allylic oxidation sites excluding steroid dienone is 38. The van der Waals surface area contributed by atoms with Crippen LogP contribution in [0.2, 0.25) is 0 Å². The lowest BCUT2D eigenvalue weighted by Gasteiger charge is -2.24. The van der Waals surface area contributed by atoms with Crippen LogP contribution in [0.5, 0.6) is 0 Å². The Bertz CT molecular complexity index is 2550. The van der Waals surface area contributed by atoms with Crippen molar-refractivity contribution in [3.05, 3.63) is 231 Å². The van der Waals surface area contributed by atoms with Gasteiger partial charge in [-0.15, -0.1) is 0 Å². The molecular formula is C90H143NO8P+. The summed E-state index contributed by atoms with van der Waals surface area (Å²) < 4.78 is 34.8. The minimum atomic E-state index is -4.42. The second-order valence-corrected chi connectivity index (χ2v) is 27.7. The first kappa shape index (κ1) is 94.1. The predicted molar refractivity (Wildman–Crippen MR) is 435 cm³/mol. The summed E-state index contributed by atoms with van der Waals surface area (Å²) in [4.78, 5) is 36.0. The van der Waals surface area contributed by atoms with E-state index in [1.807, 2.05) is 21.1 Å². The van der Waals surface area contributed by atoms with Gasteiger partial charge in [0.15, 0.2) is 6.10 Å². The van der Waals surface area contributed by atoms with Gasteiger partial charge in [0.2, 0.25) is 0 Å². The van der Waals surface area contributed by atoms with Crippen LogP contribution in [-0.4, -0.2) is 74.9 Å². The molecule has 0 aliphatic rings. The first-order valence-electron chi connectivity index (χ1n) is 39.1. The van der Waals surface area contributed by atoms with E-state index in [2.05, 4.69) is 245 Å². The largest absolute Gasteiger partial charge is 0.472 e. The maximum absolute atomic E-state index is 12.9. The average molecular weight is 1400 g/mol. The molecule has 2 unspecified atom stereocenters. The lowest BCUT2D eigenvalue weighted by atomic mass is 10.0. The molecule has 0 aromatic rings. The number of quaternary nitrogens is 1. The van der Waals surface area contributed by atoms with Crippen LogP contribution in [-0.2, 0) is 32.7 Å². The van der Waals surface area contributed by atoms with E-state index in [9.17, 15) is 19.0 Å². The summed E-state index contributed by atoms with van der Waals surface area (Å²) in [5.74, 6) is -0.836. The highest BCUT2D eigenvalue weighted by molar-refractivity contribution is 7.47.